The Bertz CT molecular complexity index is 1620. The van der Waals surface area contributed by atoms with Gasteiger partial charge in [0.05, 0.1) is 19.8 Å². The van der Waals surface area contributed by atoms with Crippen LogP contribution in [0.5, 0.6) is 23.0 Å². The molecule has 4 aromatic rings. The predicted molar refractivity (Wildman–Crippen MR) is 202 cm³/mol. The highest BCUT2D eigenvalue weighted by Gasteiger charge is 2.16. The minimum Gasteiger partial charge on any atom is -0.496 e. The molecule has 0 unspecified atom stereocenters. The van der Waals surface area contributed by atoms with Crippen LogP contribution in [0.1, 0.15) is 123 Å². The SMILES string of the molecule is CCCCCCCCc1ccc(C(=O)Oc2ccc(-c3ccc(OC(=O)c4ccc(CCCCCCCC)c(OC)c4)cc3)cc2)c(OC)c1. The fourth-order valence-electron chi connectivity index (χ4n) is 6.10. The van der Waals surface area contributed by atoms with E-state index in [0.717, 1.165) is 47.9 Å². The molecule has 0 saturated heterocycles. The molecule has 0 aliphatic rings. The van der Waals surface area contributed by atoms with E-state index in [9.17, 15) is 9.59 Å². The Morgan fingerprint density at radius 3 is 1.58 bits per heavy atom. The molecular formula is C44H54O6. The minimum atomic E-state index is -0.461. The number of ether oxygens (including phenoxy) is 4. The van der Waals surface area contributed by atoms with Crippen LogP contribution >= 0.6 is 0 Å². The van der Waals surface area contributed by atoms with E-state index in [1.165, 1.54) is 64.2 Å². The van der Waals surface area contributed by atoms with E-state index < -0.39 is 11.9 Å². The van der Waals surface area contributed by atoms with Crippen molar-refractivity contribution in [1.82, 2.24) is 0 Å². The van der Waals surface area contributed by atoms with E-state index in [4.69, 9.17) is 18.9 Å². The zero-order valence-electron chi connectivity index (χ0n) is 30.4. The summed E-state index contributed by atoms with van der Waals surface area (Å²) in [7, 11) is 3.21. The molecule has 0 fully saturated rings. The van der Waals surface area contributed by atoms with Gasteiger partial charge in [-0.05, 0) is 96.5 Å². The normalized spacial score (nSPS) is 10.9. The first kappa shape index (κ1) is 38.2. The maximum absolute atomic E-state index is 13.0. The van der Waals surface area contributed by atoms with Gasteiger partial charge in [-0.2, -0.15) is 0 Å². The topological polar surface area (TPSA) is 71.1 Å². The molecule has 0 aliphatic heterocycles. The Kier molecular flexibility index (Phi) is 15.9. The summed E-state index contributed by atoms with van der Waals surface area (Å²) in [5, 5.41) is 0. The van der Waals surface area contributed by atoms with Crippen LogP contribution in [0.3, 0.4) is 0 Å². The maximum Gasteiger partial charge on any atom is 0.347 e. The molecule has 6 heteroatoms. The maximum atomic E-state index is 13.0. The fraction of sp³-hybridized carbons (Fsp3) is 0.409. The van der Waals surface area contributed by atoms with Crippen LogP contribution in [0.25, 0.3) is 11.1 Å². The number of esters is 2. The third-order valence-electron chi connectivity index (χ3n) is 9.09. The molecule has 0 N–H and O–H groups in total. The lowest BCUT2D eigenvalue weighted by Gasteiger charge is -2.12. The van der Waals surface area contributed by atoms with Crippen molar-refractivity contribution < 1.29 is 28.5 Å². The molecule has 6 nitrogen and oxygen atoms in total. The second-order valence-corrected chi connectivity index (χ2v) is 12.9. The van der Waals surface area contributed by atoms with Gasteiger partial charge in [0.1, 0.15) is 28.6 Å². The molecule has 266 valence electrons. The summed E-state index contributed by atoms with van der Waals surface area (Å²) in [6, 6.07) is 25.9. The number of carbonyl (C=O) groups is 2. The zero-order chi connectivity index (χ0) is 35.6. The van der Waals surface area contributed by atoms with Gasteiger partial charge in [-0.3, -0.25) is 0 Å². The van der Waals surface area contributed by atoms with Crippen LogP contribution in [-0.4, -0.2) is 26.2 Å². The summed E-state index contributed by atoms with van der Waals surface area (Å²) >= 11 is 0. The molecule has 0 bridgehead atoms. The van der Waals surface area contributed by atoms with Gasteiger partial charge in [-0.15, -0.1) is 0 Å². The van der Waals surface area contributed by atoms with E-state index in [-0.39, 0.29) is 0 Å². The highest BCUT2D eigenvalue weighted by molar-refractivity contribution is 5.94. The molecule has 0 aliphatic carbocycles. The van der Waals surface area contributed by atoms with Crippen molar-refractivity contribution in [3.63, 3.8) is 0 Å². The monoisotopic (exact) mass is 678 g/mol. The lowest BCUT2D eigenvalue weighted by molar-refractivity contribution is 0.0723. The van der Waals surface area contributed by atoms with Gasteiger partial charge in [-0.25, -0.2) is 9.59 Å². The van der Waals surface area contributed by atoms with Crippen LogP contribution in [0.15, 0.2) is 84.9 Å². The largest absolute Gasteiger partial charge is 0.496 e. The van der Waals surface area contributed by atoms with Gasteiger partial charge in [0.25, 0.3) is 0 Å². The van der Waals surface area contributed by atoms with Crippen molar-refractivity contribution in [3.05, 3.63) is 107 Å². The molecule has 0 amide bonds. The van der Waals surface area contributed by atoms with E-state index in [2.05, 4.69) is 13.8 Å². The Morgan fingerprint density at radius 2 is 1.02 bits per heavy atom. The van der Waals surface area contributed by atoms with Crippen molar-refractivity contribution >= 4 is 11.9 Å². The molecule has 0 saturated carbocycles. The van der Waals surface area contributed by atoms with Gasteiger partial charge >= 0.3 is 11.9 Å². The highest BCUT2D eigenvalue weighted by Crippen LogP contribution is 2.28. The third-order valence-corrected chi connectivity index (χ3v) is 9.09. The summed E-state index contributed by atoms with van der Waals surface area (Å²) in [5.74, 6) is 1.24. The molecule has 4 aromatic carbocycles. The van der Waals surface area contributed by atoms with Crippen molar-refractivity contribution in [2.75, 3.05) is 14.2 Å². The standard InChI is InChI=1S/C44H54O6/c1-5-7-9-11-13-15-17-33-19-30-40(42(31-33)48-4)44(46)50-39-28-24-35(25-29-39)34-22-26-38(27-23-34)49-43(45)37-21-20-36(41(32-37)47-3)18-16-14-12-10-8-6-2/h19-32H,5-18H2,1-4H3. The van der Waals surface area contributed by atoms with Crippen LogP contribution < -0.4 is 18.9 Å². The first-order valence-electron chi connectivity index (χ1n) is 18.4. The number of benzene rings is 4. The quantitative estimate of drug-likeness (QED) is 0.0496. The molecule has 0 aromatic heterocycles. The molecule has 4 rings (SSSR count). The van der Waals surface area contributed by atoms with Crippen molar-refractivity contribution in [1.29, 1.82) is 0 Å². The molecule has 0 heterocycles. The van der Waals surface area contributed by atoms with Gasteiger partial charge < -0.3 is 18.9 Å². The lowest BCUT2D eigenvalue weighted by atomic mass is 10.0. The van der Waals surface area contributed by atoms with Crippen molar-refractivity contribution in [3.8, 4) is 34.1 Å². The molecule has 0 radical (unpaired) electrons. The molecule has 0 spiro atoms. The summed E-state index contributed by atoms with van der Waals surface area (Å²) in [6.45, 7) is 4.45. The van der Waals surface area contributed by atoms with E-state index in [1.54, 1.807) is 50.6 Å². The summed E-state index contributed by atoms with van der Waals surface area (Å²) < 4.78 is 22.5. The zero-order valence-corrected chi connectivity index (χ0v) is 30.4. The number of unbranched alkanes of at least 4 members (excludes halogenated alkanes) is 10. The van der Waals surface area contributed by atoms with Gasteiger partial charge in [-0.1, -0.05) is 114 Å². The minimum absolute atomic E-state index is 0.399. The number of methoxy groups -OCH3 is 2. The number of carbonyl (C=O) groups excluding carboxylic acids is 2. The van der Waals surface area contributed by atoms with Crippen LogP contribution in [0.4, 0.5) is 0 Å². The molecular weight excluding hydrogens is 624 g/mol. The summed E-state index contributed by atoms with van der Waals surface area (Å²) in [4.78, 5) is 26.0. The van der Waals surface area contributed by atoms with E-state index in [0.29, 0.717) is 34.1 Å². The van der Waals surface area contributed by atoms with Crippen molar-refractivity contribution in [2.24, 2.45) is 0 Å². The molecule has 50 heavy (non-hydrogen) atoms. The fourth-order valence-corrected chi connectivity index (χ4v) is 6.10. The van der Waals surface area contributed by atoms with Crippen LogP contribution in [0, 0.1) is 0 Å². The Hall–Kier alpha value is -4.58. The van der Waals surface area contributed by atoms with Gasteiger partial charge in [0.2, 0.25) is 0 Å². The Morgan fingerprint density at radius 1 is 0.500 bits per heavy atom. The Labute approximate surface area is 299 Å². The average molecular weight is 679 g/mol. The Balaban J connectivity index is 1.29. The third kappa shape index (κ3) is 11.8. The lowest BCUT2D eigenvalue weighted by Crippen LogP contribution is -2.10. The number of hydrogen-bond acceptors (Lipinski definition) is 6. The first-order chi connectivity index (χ1) is 24.4. The second-order valence-electron chi connectivity index (χ2n) is 12.9. The van der Waals surface area contributed by atoms with E-state index in [1.807, 2.05) is 48.5 Å². The molecule has 0 atom stereocenters. The summed E-state index contributed by atoms with van der Waals surface area (Å²) in [5.41, 5.74) is 4.99. The van der Waals surface area contributed by atoms with Crippen LogP contribution in [0.2, 0.25) is 0 Å². The van der Waals surface area contributed by atoms with Gasteiger partial charge in [0, 0.05) is 0 Å². The predicted octanol–water partition coefficient (Wildman–Crippen LogP) is 11.6. The number of rotatable bonds is 21. The van der Waals surface area contributed by atoms with Crippen LogP contribution in [-0.2, 0) is 12.8 Å². The second kappa shape index (κ2) is 20.8. The number of aryl methyl sites for hydroxylation is 2. The average Bonchev–Trinajstić information content (AvgIpc) is 3.15. The van der Waals surface area contributed by atoms with Crippen molar-refractivity contribution in [2.45, 2.75) is 104 Å². The highest BCUT2D eigenvalue weighted by atomic mass is 16.5. The van der Waals surface area contributed by atoms with Gasteiger partial charge in [0.15, 0.2) is 0 Å². The smallest absolute Gasteiger partial charge is 0.347 e. The summed E-state index contributed by atoms with van der Waals surface area (Å²) in [6.07, 6.45) is 16.7. The van der Waals surface area contributed by atoms with E-state index >= 15 is 0 Å². The number of hydrogen-bond donors (Lipinski definition) is 0. The first-order valence-corrected chi connectivity index (χ1v) is 18.4.